The monoisotopic (exact) mass is 450 g/mol. The molecule has 0 radical (unpaired) electrons. The van der Waals surface area contributed by atoms with Crippen LogP contribution in [0, 0.1) is 0 Å². The Bertz CT molecular complexity index is 748. The van der Waals surface area contributed by atoms with Gasteiger partial charge in [0.25, 0.3) is 5.91 Å². The Kier molecular flexibility index (Phi) is 8.08. The van der Waals surface area contributed by atoms with Crippen molar-refractivity contribution < 1.29 is 37.1 Å². The van der Waals surface area contributed by atoms with Crippen LogP contribution < -0.4 is 5.32 Å². The first-order chi connectivity index (χ1) is 13.5. The van der Waals surface area contributed by atoms with E-state index in [0.29, 0.717) is 0 Å². The van der Waals surface area contributed by atoms with Gasteiger partial charge < -0.3 is 14.8 Å². The van der Waals surface area contributed by atoms with Crippen LogP contribution in [0.5, 0.6) is 0 Å². The van der Waals surface area contributed by atoms with E-state index >= 15 is 0 Å². The van der Waals surface area contributed by atoms with E-state index in [1.54, 1.807) is 0 Å². The molecule has 1 aromatic rings. The van der Waals surface area contributed by atoms with Gasteiger partial charge in [0, 0.05) is 7.05 Å². The lowest BCUT2D eigenvalue weighted by Crippen LogP contribution is -2.53. The number of nitrogens with zero attached hydrogens (tertiary/aromatic N) is 1. The first kappa shape index (κ1) is 25.9. The molecular weight excluding hydrogens is 421 g/mol. The highest BCUT2D eigenvalue weighted by atomic mass is 28.4. The number of hydrogen-bond acceptors (Lipinski definition) is 4. The molecule has 0 aliphatic carbocycles. The van der Waals surface area contributed by atoms with Gasteiger partial charge in [0.15, 0.2) is 8.32 Å². The van der Waals surface area contributed by atoms with Crippen molar-refractivity contribution in [3.63, 3.8) is 0 Å². The van der Waals surface area contributed by atoms with Crippen molar-refractivity contribution >= 4 is 20.3 Å². The van der Waals surface area contributed by atoms with Gasteiger partial charge in [-0.2, -0.15) is 13.2 Å². The van der Waals surface area contributed by atoms with Crippen molar-refractivity contribution in [3.8, 4) is 0 Å². The van der Waals surface area contributed by atoms with E-state index in [-0.39, 0.29) is 10.6 Å². The average Bonchev–Trinajstić information content (AvgIpc) is 2.61. The van der Waals surface area contributed by atoms with Crippen LogP contribution in [0.3, 0.4) is 0 Å². The molecule has 0 aliphatic rings. The molecule has 7 nitrogen and oxygen atoms in total. The number of carboxylic acid groups (broad SMARTS) is 1. The quantitative estimate of drug-likeness (QED) is 0.474. The molecule has 0 unspecified atom stereocenters. The highest BCUT2D eigenvalue weighted by Gasteiger charge is 2.44. The molecule has 1 aromatic carbocycles. The van der Waals surface area contributed by atoms with Gasteiger partial charge >= 0.3 is 12.3 Å². The van der Waals surface area contributed by atoms with E-state index in [9.17, 15) is 27.9 Å². The van der Waals surface area contributed by atoms with Crippen LogP contribution >= 0.6 is 0 Å². The summed E-state index contributed by atoms with van der Waals surface area (Å²) in [4.78, 5) is 29.1. The number of rotatable bonds is 7. The van der Waals surface area contributed by atoms with E-state index in [2.05, 4.69) is 5.32 Å². The number of alkyl halides is 3. The van der Waals surface area contributed by atoms with E-state index in [1.807, 2.05) is 33.9 Å². The van der Waals surface area contributed by atoms with Gasteiger partial charge in [0.1, 0.15) is 6.04 Å². The van der Waals surface area contributed by atoms with Gasteiger partial charge in [-0.15, -0.1) is 0 Å². The highest BCUT2D eigenvalue weighted by molar-refractivity contribution is 6.74. The van der Waals surface area contributed by atoms with Crippen molar-refractivity contribution in [3.05, 3.63) is 35.4 Å². The molecule has 2 atom stereocenters. The topological polar surface area (TPSA) is 88.1 Å². The maximum atomic E-state index is 13.0. The molecular formula is C19H29F3N2O5Si. The minimum Gasteiger partial charge on any atom is -0.465 e. The van der Waals surface area contributed by atoms with Crippen LogP contribution in [0.1, 0.15) is 38.0 Å². The van der Waals surface area contributed by atoms with Gasteiger partial charge in [-0.05, 0) is 35.8 Å². The Balaban J connectivity index is 3.53. The number of likely N-dealkylation sites (N-methyl/N-ethyl adjacent to an activating group) is 1. The lowest BCUT2D eigenvalue weighted by Gasteiger charge is -2.41. The zero-order valence-electron chi connectivity index (χ0n) is 18.1. The lowest BCUT2D eigenvalue weighted by molar-refractivity contribution is -0.173. The van der Waals surface area contributed by atoms with Gasteiger partial charge in [0.2, 0.25) is 0 Å². The number of benzene rings is 1. The summed E-state index contributed by atoms with van der Waals surface area (Å²) in [6, 6.07) is 2.70. The van der Waals surface area contributed by atoms with E-state index in [1.165, 1.54) is 26.3 Å². The third-order valence-electron chi connectivity index (χ3n) is 5.23. The van der Waals surface area contributed by atoms with Gasteiger partial charge in [0.05, 0.1) is 18.8 Å². The number of carbonyl (C=O) groups is 2. The number of carbonyl (C=O) groups excluding carboxylic acids is 1. The standard InChI is InChI=1S/C19H29F3N2O5Si/c1-18(2,3)30(6,7)29-15(12-8-10-13(11-9-12)19(20,21)22)14(23-17(26)27)16(25)24(4)28-5/h8-11,14-15,23H,1-7H3,(H,26,27)/t14-,15-/m0/s1. The van der Waals surface area contributed by atoms with Crippen molar-refractivity contribution in [1.29, 1.82) is 0 Å². The molecule has 0 saturated heterocycles. The van der Waals surface area contributed by atoms with Crippen molar-refractivity contribution in [2.45, 2.75) is 57.2 Å². The summed E-state index contributed by atoms with van der Waals surface area (Å²) >= 11 is 0. The highest BCUT2D eigenvalue weighted by Crippen LogP contribution is 2.41. The molecule has 0 aliphatic heterocycles. The fraction of sp³-hybridized carbons (Fsp3) is 0.579. The Hall–Kier alpha value is -2.11. The second-order valence-electron chi connectivity index (χ2n) is 8.36. The summed E-state index contributed by atoms with van der Waals surface area (Å²) in [5.41, 5.74) is -0.621. The van der Waals surface area contributed by atoms with Crippen LogP contribution in [-0.4, -0.2) is 50.7 Å². The predicted octanol–water partition coefficient (Wildman–Crippen LogP) is 4.42. The fourth-order valence-electron chi connectivity index (χ4n) is 2.37. The minimum absolute atomic E-state index is 0.240. The number of hydroxylamine groups is 2. The molecule has 0 heterocycles. The summed E-state index contributed by atoms with van der Waals surface area (Å²) in [5, 5.41) is 11.9. The van der Waals surface area contributed by atoms with Crippen LogP contribution in [0.2, 0.25) is 18.1 Å². The van der Waals surface area contributed by atoms with Gasteiger partial charge in [-0.1, -0.05) is 32.9 Å². The van der Waals surface area contributed by atoms with Crippen molar-refractivity contribution in [2.24, 2.45) is 0 Å². The predicted molar refractivity (Wildman–Crippen MR) is 107 cm³/mol. The first-order valence-corrected chi connectivity index (χ1v) is 12.1. The molecule has 0 fully saturated rings. The number of amides is 2. The molecule has 1 rings (SSSR count). The number of hydrogen-bond donors (Lipinski definition) is 2. The third kappa shape index (κ3) is 6.44. The SMILES string of the molecule is CON(C)C(=O)[C@@H](NC(=O)O)[C@@H](O[Si](C)(C)C(C)(C)C)c1ccc(C(F)(F)F)cc1. The summed E-state index contributed by atoms with van der Waals surface area (Å²) in [6.07, 6.45) is -7.16. The number of halogens is 3. The molecule has 0 saturated carbocycles. The summed E-state index contributed by atoms with van der Waals surface area (Å²) in [6.45, 7) is 9.64. The molecule has 0 aromatic heterocycles. The zero-order chi connectivity index (χ0) is 23.5. The van der Waals surface area contributed by atoms with Crippen molar-refractivity contribution in [2.75, 3.05) is 14.2 Å². The Morgan fingerprint density at radius 1 is 1.13 bits per heavy atom. The largest absolute Gasteiger partial charge is 0.465 e. The van der Waals surface area contributed by atoms with E-state index < -0.39 is 44.2 Å². The lowest BCUT2D eigenvalue weighted by atomic mass is 10.00. The molecule has 0 bridgehead atoms. The second kappa shape index (κ2) is 9.35. The molecule has 11 heteroatoms. The average molecular weight is 451 g/mol. The molecule has 0 spiro atoms. The normalized spacial score (nSPS) is 14.7. The van der Waals surface area contributed by atoms with Crippen LogP contribution in [0.25, 0.3) is 0 Å². The van der Waals surface area contributed by atoms with Crippen LogP contribution in [0.15, 0.2) is 24.3 Å². The molecule has 2 amide bonds. The van der Waals surface area contributed by atoms with Crippen molar-refractivity contribution in [1.82, 2.24) is 10.4 Å². The molecule has 170 valence electrons. The molecule has 30 heavy (non-hydrogen) atoms. The smallest absolute Gasteiger partial charge is 0.416 e. The minimum atomic E-state index is -4.53. The maximum absolute atomic E-state index is 13.0. The van der Waals surface area contributed by atoms with E-state index in [0.717, 1.165) is 17.2 Å². The summed E-state index contributed by atoms with van der Waals surface area (Å²) in [5.74, 6) is -0.747. The zero-order valence-corrected chi connectivity index (χ0v) is 19.1. The summed E-state index contributed by atoms with van der Waals surface area (Å²) < 4.78 is 45.2. The van der Waals surface area contributed by atoms with Gasteiger partial charge in [-0.3, -0.25) is 9.63 Å². The van der Waals surface area contributed by atoms with Gasteiger partial charge in [-0.25, -0.2) is 9.86 Å². The van der Waals surface area contributed by atoms with Crippen LogP contribution in [0.4, 0.5) is 18.0 Å². The Morgan fingerprint density at radius 3 is 2.00 bits per heavy atom. The van der Waals surface area contributed by atoms with E-state index in [4.69, 9.17) is 9.26 Å². The number of nitrogens with one attached hydrogen (secondary N) is 1. The first-order valence-electron chi connectivity index (χ1n) is 9.17. The Morgan fingerprint density at radius 2 is 1.63 bits per heavy atom. The fourth-order valence-corrected chi connectivity index (χ4v) is 3.63. The third-order valence-corrected chi connectivity index (χ3v) is 9.68. The summed E-state index contributed by atoms with van der Waals surface area (Å²) in [7, 11) is -0.0381. The Labute approximate surface area is 175 Å². The maximum Gasteiger partial charge on any atom is 0.416 e. The van der Waals surface area contributed by atoms with Crippen LogP contribution in [-0.2, 0) is 20.2 Å². The molecule has 2 N–H and O–H groups in total. The second-order valence-corrected chi connectivity index (χ2v) is 13.1.